The minimum Gasteiger partial charge on any atom is -0.477 e. The van der Waals surface area contributed by atoms with Crippen LogP contribution >= 0.6 is 0 Å². The van der Waals surface area contributed by atoms with Gasteiger partial charge in [-0.3, -0.25) is 102 Å². The number of nitrogens with two attached hydrogens (primary N) is 1. The van der Waals surface area contributed by atoms with Crippen LogP contribution in [0.4, 0.5) is 47.3 Å². The van der Waals surface area contributed by atoms with Crippen molar-refractivity contribution in [3.63, 3.8) is 0 Å². The number of aromatic nitrogens is 10. The van der Waals surface area contributed by atoms with Gasteiger partial charge in [0, 0.05) is 133 Å². The van der Waals surface area contributed by atoms with Crippen LogP contribution in [-0.4, -0.2) is 182 Å². The van der Waals surface area contributed by atoms with Crippen molar-refractivity contribution < 1.29 is 77.2 Å². The molecule has 2 saturated heterocycles. The average Bonchev–Trinajstić information content (AvgIpc) is 1.22. The molecule has 123 heavy (non-hydrogen) atoms. The lowest BCUT2D eigenvalue weighted by molar-refractivity contribution is -0.137. The van der Waals surface area contributed by atoms with Crippen molar-refractivity contribution >= 4 is 127 Å². The first kappa shape index (κ1) is 83.6. The minimum absolute atomic E-state index is 0.0196. The highest BCUT2D eigenvalue weighted by Gasteiger charge is 2.47. The van der Waals surface area contributed by atoms with Crippen LogP contribution in [0.1, 0.15) is 134 Å². The number of anilines is 6. The molecule has 0 spiro atoms. The summed E-state index contributed by atoms with van der Waals surface area (Å²) in [5.74, 6) is -7.95. The Balaban J connectivity index is 0.000000171. The van der Waals surface area contributed by atoms with E-state index in [0.717, 1.165) is 40.6 Å². The van der Waals surface area contributed by atoms with Crippen molar-refractivity contribution in [3.8, 4) is 22.3 Å². The molecule has 0 radical (unpaired) electrons. The number of carboxylic acid groups (broad SMARTS) is 1. The Morgan fingerprint density at radius 3 is 1.39 bits per heavy atom. The fourth-order valence-electron chi connectivity index (χ4n) is 14.0. The van der Waals surface area contributed by atoms with E-state index >= 15 is 4.39 Å². The first-order chi connectivity index (χ1) is 60.0. The summed E-state index contributed by atoms with van der Waals surface area (Å²) in [6.07, 6.45) is 11.0. The number of hydrogen-bond acceptors (Lipinski definition) is 25. The highest BCUT2D eigenvalue weighted by atomic mass is 19.1. The number of carboxylic acids is 1. The molecule has 11 amide bonds. The molecule has 2 atom stereocenters. The summed E-state index contributed by atoms with van der Waals surface area (Å²) >= 11 is 0. The predicted octanol–water partition coefficient (Wildman–Crippen LogP) is 8.43. The monoisotopic (exact) mass is 1670 g/mol. The summed E-state index contributed by atoms with van der Waals surface area (Å²) in [5.41, 5.74) is 13.1. The SMILES string of the molecule is CNC(=O)c1cnc2cc(F)c(-c3ccc(C(=O)NCCn4cc(CNc5cccc6c5C(=O)N(C5CCC(=O)NC5=O)C6=O)nn4)nc3)cc2c1Nc1ccccc1.CNC(=O)c1cnc2cc(F)c(-c3ccc(C(=O)O)nc3)cc2c1Nc1ccccc1.NCCCCn1cc(CNc2cccc3c2C(=O)N(C2CCC(=O)NC2=O)C3=O)nn1.[2H]CF. The number of alkyl halides is 1. The van der Waals surface area contributed by atoms with Gasteiger partial charge >= 0.3 is 5.97 Å². The Kier molecular flexibility index (Phi) is 26.0. The smallest absolute Gasteiger partial charge is 0.354 e. The number of unbranched alkanes of at least 4 members (excludes halogenated alkanes) is 1. The number of pyridine rings is 4. The van der Waals surface area contributed by atoms with Gasteiger partial charge in [-0.15, -0.1) is 10.2 Å². The summed E-state index contributed by atoms with van der Waals surface area (Å²) < 4.78 is 49.1. The number of amides is 11. The summed E-state index contributed by atoms with van der Waals surface area (Å²) in [7, 11) is 2.03. The van der Waals surface area contributed by atoms with E-state index in [1.807, 2.05) is 66.9 Å². The van der Waals surface area contributed by atoms with E-state index in [2.05, 4.69) is 88.4 Å². The van der Waals surface area contributed by atoms with Crippen LogP contribution < -0.4 is 53.6 Å². The van der Waals surface area contributed by atoms with Gasteiger partial charge < -0.3 is 48.1 Å². The van der Waals surface area contributed by atoms with E-state index in [1.165, 1.54) is 80.0 Å². The van der Waals surface area contributed by atoms with Gasteiger partial charge in [-0.1, -0.05) is 71.1 Å². The first-order valence-corrected chi connectivity index (χ1v) is 38.3. The Bertz CT molecular complexity index is 6170. The molecule has 0 aliphatic carbocycles. The molecule has 626 valence electrons. The summed E-state index contributed by atoms with van der Waals surface area (Å²) in [6.45, 7) is 2.25. The van der Waals surface area contributed by atoms with Crippen molar-refractivity contribution in [2.24, 2.45) is 5.73 Å². The zero-order valence-corrected chi connectivity index (χ0v) is 65.6. The topological polar surface area (TPSA) is 479 Å². The molecule has 2 fully saturated rings. The van der Waals surface area contributed by atoms with Gasteiger partial charge in [0.25, 0.3) is 41.4 Å². The molecule has 4 aliphatic heterocycles. The van der Waals surface area contributed by atoms with Crippen molar-refractivity contribution in [2.75, 3.05) is 55.6 Å². The normalized spacial score (nSPS) is 14.6. The second-order valence-corrected chi connectivity index (χ2v) is 27.9. The number of piperidine rings is 2. The van der Waals surface area contributed by atoms with Crippen molar-refractivity contribution in [1.29, 1.82) is 0 Å². The van der Waals surface area contributed by atoms with Gasteiger partial charge in [-0.2, -0.15) is 0 Å². The highest BCUT2D eigenvalue weighted by molar-refractivity contribution is 6.27. The lowest BCUT2D eigenvalue weighted by atomic mass is 10.0. The van der Waals surface area contributed by atoms with Gasteiger partial charge in [-0.05, 0) is 105 Å². The highest BCUT2D eigenvalue weighted by Crippen LogP contribution is 2.39. The Labute approximate surface area is 698 Å². The first-order valence-electron chi connectivity index (χ1n) is 39.0. The van der Waals surface area contributed by atoms with Gasteiger partial charge in [0.15, 0.2) is 0 Å². The third kappa shape index (κ3) is 18.8. The van der Waals surface area contributed by atoms with Gasteiger partial charge in [0.1, 0.15) is 46.5 Å². The number of aromatic carboxylic acids is 1. The van der Waals surface area contributed by atoms with Crippen LogP contribution in [0.5, 0.6) is 0 Å². The molecule has 10 heterocycles. The Morgan fingerprint density at radius 2 is 0.976 bits per heavy atom. The Hall–Kier alpha value is -15.9. The molecular weight excluding hydrogens is 1590 g/mol. The number of halogens is 3. The quantitative estimate of drug-likeness (QED) is 0.0189. The molecule has 6 aromatic carbocycles. The molecule has 12 aromatic rings. The number of nitrogens with one attached hydrogen (secondary N) is 9. The largest absolute Gasteiger partial charge is 0.477 e. The van der Waals surface area contributed by atoms with Crippen molar-refractivity contribution in [1.82, 2.24) is 86.3 Å². The molecule has 2 unspecified atom stereocenters. The van der Waals surface area contributed by atoms with Crippen molar-refractivity contribution in [2.45, 2.75) is 76.8 Å². The van der Waals surface area contributed by atoms with Crippen LogP contribution in [0.25, 0.3) is 44.1 Å². The third-order valence-corrected chi connectivity index (χ3v) is 20.0. The second-order valence-electron chi connectivity index (χ2n) is 27.9. The third-order valence-electron chi connectivity index (χ3n) is 20.0. The molecule has 0 saturated carbocycles. The van der Waals surface area contributed by atoms with Crippen LogP contribution in [0, 0.1) is 11.6 Å². The number of hydrogen-bond donors (Lipinski definition) is 11. The zero-order chi connectivity index (χ0) is 87.8. The number of fused-ring (bicyclic) bond motifs is 4. The van der Waals surface area contributed by atoms with Gasteiger partial charge in [-0.25, -0.2) is 18.6 Å². The zero-order valence-electron chi connectivity index (χ0n) is 66.6. The fraction of sp³-hybridized carbons (Fsp3) is 0.200. The van der Waals surface area contributed by atoms with Crippen LogP contribution in [-0.2, 0) is 45.4 Å². The number of rotatable bonds is 25. The van der Waals surface area contributed by atoms with E-state index in [1.54, 1.807) is 59.4 Å². The average molecular weight is 1670 g/mol. The number of aryl methyl sites for hydroxylation is 1. The number of benzene rings is 6. The van der Waals surface area contributed by atoms with Crippen LogP contribution in [0.15, 0.2) is 183 Å². The predicted molar refractivity (Wildman–Crippen MR) is 442 cm³/mol. The number of imide groups is 4. The standard InChI is InChI=1S/C41H34FN11O6.C23H17FN4O3.C20H23N7O4.CH3F/c1-43-37(55)28-20-47-32-17-29(42)26(16-27(32)36(28)48-23-6-3-2-4-7-23)22-10-11-31(45-18-22)38(56)44-14-15-52-21-24(50-51-52)19-46-30-9-5-8-25-35(30)41(59)53(40(25)58)33-12-13-34(54)49-39(33)57;1-25-22(29)17-12-27-20-10-18(24)15(13-7-8-19(23(30)31)26-11-13)9-16(20)21(17)28-14-5-3-2-4-6-14;21-8-1-2-9-26-11-12(24-25-26)10-22-14-5-3-4-13-17(14)20(31)27(19(13)30)15-6-7-16(28)23-18(15)29;1-2/h2-11,16-18,20-21,33,46H,12-15,19H2,1H3,(H,43,55)(H,44,56)(H,47,48)(H,49,54,57);2-12H,1H3,(H,25,29)(H,27,28)(H,30,31);3-5,11,15,22H,1-2,6-10,21H2,(H,23,28,29);1H3/i;;;1D. The summed E-state index contributed by atoms with van der Waals surface area (Å²) in [4.78, 5) is 168. The fourth-order valence-corrected chi connectivity index (χ4v) is 14.0. The van der Waals surface area contributed by atoms with E-state index in [0.29, 0.717) is 85.7 Å². The van der Waals surface area contributed by atoms with Crippen LogP contribution in [0.3, 0.4) is 0 Å². The molecule has 0 bridgehead atoms. The molecular formula is C85H77F3N22O13. The summed E-state index contributed by atoms with van der Waals surface area (Å²) in [6, 6.07) is 37.7. The van der Waals surface area contributed by atoms with E-state index in [-0.39, 0.29) is 107 Å². The van der Waals surface area contributed by atoms with Gasteiger partial charge in [0.05, 0.1) is 96.3 Å². The van der Waals surface area contributed by atoms with E-state index in [9.17, 15) is 66.3 Å². The maximum Gasteiger partial charge on any atom is 0.354 e. The maximum absolute atomic E-state index is 15.5. The maximum atomic E-state index is 15.5. The number of para-hydroxylation sites is 2. The number of carbonyl (C=O) groups is 12. The van der Waals surface area contributed by atoms with Crippen LogP contribution in [0.2, 0.25) is 0 Å². The lowest BCUT2D eigenvalue weighted by Crippen LogP contribution is -2.54. The van der Waals surface area contributed by atoms with E-state index < -0.39 is 90.0 Å². The van der Waals surface area contributed by atoms with E-state index in [4.69, 9.17) is 12.2 Å². The van der Waals surface area contributed by atoms with Crippen molar-refractivity contribution in [3.05, 3.63) is 251 Å². The molecule has 12 N–H and O–H groups in total. The minimum atomic E-state index is -1.17. The number of carbonyl (C=O) groups excluding carboxylic acids is 11. The molecule has 6 aromatic heterocycles. The lowest BCUT2D eigenvalue weighted by Gasteiger charge is -2.27. The van der Waals surface area contributed by atoms with Gasteiger partial charge in [0.2, 0.25) is 23.6 Å². The number of nitrogens with zero attached hydrogens (tertiary/aromatic N) is 12. The molecule has 35 nitrogen and oxygen atoms in total. The summed E-state index contributed by atoms with van der Waals surface area (Å²) in [5, 5.41) is 51.6. The second kappa shape index (κ2) is 38.2. The molecule has 38 heteroatoms. The Morgan fingerprint density at radius 1 is 0.528 bits per heavy atom. The molecule has 4 aliphatic rings. The molecule has 16 rings (SSSR count).